The first kappa shape index (κ1) is 38.0. The van der Waals surface area contributed by atoms with Crippen LogP contribution in [-0.4, -0.2) is 0 Å². The minimum Gasteiger partial charge on any atom is -0.0654 e. The van der Waals surface area contributed by atoms with Crippen molar-refractivity contribution in [1.82, 2.24) is 0 Å². The van der Waals surface area contributed by atoms with Gasteiger partial charge in [-0.1, -0.05) is 191 Å². The van der Waals surface area contributed by atoms with Crippen molar-refractivity contribution in [2.75, 3.05) is 0 Å². The van der Waals surface area contributed by atoms with E-state index in [2.05, 4.69) is 62.3 Å². The van der Waals surface area contributed by atoms with Crippen LogP contribution in [0.2, 0.25) is 0 Å². The smallest absolute Gasteiger partial charge is 0.0357 e. The highest BCUT2D eigenvalue weighted by molar-refractivity contribution is 4.82. The maximum atomic E-state index is 2.72. The molecule has 0 aromatic rings. The van der Waals surface area contributed by atoms with E-state index in [1.807, 2.05) is 0 Å². The molecule has 0 nitrogen and oxygen atoms in total. The largest absolute Gasteiger partial charge is 0.0654 e. The van der Waals surface area contributed by atoms with Gasteiger partial charge in [-0.3, -0.25) is 0 Å². The Labute approximate surface area is 244 Å². The summed E-state index contributed by atoms with van der Waals surface area (Å²) in [5.74, 6) is 6.43. The van der Waals surface area contributed by atoms with Crippen LogP contribution in [0.3, 0.4) is 0 Å². The Bertz CT molecular complexity index is 465. The average molecular weight is 535 g/mol. The van der Waals surface area contributed by atoms with Gasteiger partial charge in [0.05, 0.1) is 0 Å². The SMILES string of the molecule is CCCCCCC(CCCC)C(C)C(CC(CCCC)CCCC(C)C)C(C)CC(CCC)CCCCC. The summed E-state index contributed by atoms with van der Waals surface area (Å²) in [6, 6.07) is 0. The van der Waals surface area contributed by atoms with Crippen molar-refractivity contribution in [2.45, 2.75) is 204 Å². The monoisotopic (exact) mass is 535 g/mol. The lowest BCUT2D eigenvalue weighted by Crippen LogP contribution is -2.30. The van der Waals surface area contributed by atoms with E-state index in [9.17, 15) is 0 Å². The zero-order valence-corrected chi connectivity index (χ0v) is 28.6. The van der Waals surface area contributed by atoms with Gasteiger partial charge in [0.1, 0.15) is 0 Å². The van der Waals surface area contributed by atoms with Crippen molar-refractivity contribution in [3.05, 3.63) is 0 Å². The predicted molar refractivity (Wildman–Crippen MR) is 177 cm³/mol. The Kier molecular flexibility index (Phi) is 25.9. The van der Waals surface area contributed by atoms with Crippen LogP contribution < -0.4 is 0 Å². The molecule has 0 aromatic heterocycles. The minimum atomic E-state index is 0.856. The second-order valence-corrected chi connectivity index (χ2v) is 14.2. The molecule has 0 aliphatic carbocycles. The van der Waals surface area contributed by atoms with Crippen molar-refractivity contribution < 1.29 is 0 Å². The van der Waals surface area contributed by atoms with E-state index >= 15 is 0 Å². The van der Waals surface area contributed by atoms with Crippen LogP contribution in [0.15, 0.2) is 0 Å². The Morgan fingerprint density at radius 1 is 0.395 bits per heavy atom. The van der Waals surface area contributed by atoms with Crippen molar-refractivity contribution in [3.8, 4) is 0 Å². The summed E-state index contributed by atoms with van der Waals surface area (Å²) < 4.78 is 0. The molecular weight excluding hydrogens is 456 g/mol. The summed E-state index contributed by atoms with van der Waals surface area (Å²) in [5.41, 5.74) is 0. The third-order valence-corrected chi connectivity index (χ3v) is 10.1. The third kappa shape index (κ3) is 19.1. The lowest BCUT2D eigenvalue weighted by molar-refractivity contribution is 0.112. The molecule has 0 bridgehead atoms. The highest BCUT2D eigenvalue weighted by atomic mass is 14.4. The van der Waals surface area contributed by atoms with E-state index in [1.54, 1.807) is 0 Å². The van der Waals surface area contributed by atoms with Crippen molar-refractivity contribution in [1.29, 1.82) is 0 Å². The van der Waals surface area contributed by atoms with Gasteiger partial charge in [-0.2, -0.15) is 0 Å². The zero-order valence-electron chi connectivity index (χ0n) is 28.6. The van der Waals surface area contributed by atoms with Crippen LogP contribution in [0.25, 0.3) is 0 Å². The standard InChI is InChI=1S/C38H78/c1-10-15-19-21-29-37(28-18-13-4)34(9)38(31-36(25-17-12-3)27-22-24-32(6)7)33(8)30-35(23-14-5)26-20-16-11-2/h32-38H,10-31H2,1-9H3. The van der Waals surface area contributed by atoms with Gasteiger partial charge in [0.15, 0.2) is 0 Å². The molecule has 0 N–H and O–H groups in total. The average Bonchev–Trinajstić information content (AvgIpc) is 2.89. The Hall–Kier alpha value is 0. The predicted octanol–water partition coefficient (Wildman–Crippen LogP) is 14.1. The second-order valence-electron chi connectivity index (χ2n) is 14.2. The number of hydrogen-bond donors (Lipinski definition) is 0. The number of rotatable bonds is 28. The minimum absolute atomic E-state index is 0.856. The fraction of sp³-hybridized carbons (Fsp3) is 1.00. The molecule has 0 saturated carbocycles. The molecule has 0 aromatic carbocycles. The van der Waals surface area contributed by atoms with Gasteiger partial charge >= 0.3 is 0 Å². The van der Waals surface area contributed by atoms with Gasteiger partial charge < -0.3 is 0 Å². The summed E-state index contributed by atoms with van der Waals surface area (Å²) in [5, 5.41) is 0. The van der Waals surface area contributed by atoms with Gasteiger partial charge in [0.2, 0.25) is 0 Å². The quantitative estimate of drug-likeness (QED) is 0.0875. The van der Waals surface area contributed by atoms with Crippen LogP contribution >= 0.6 is 0 Å². The Morgan fingerprint density at radius 3 is 1.50 bits per heavy atom. The van der Waals surface area contributed by atoms with E-state index < -0.39 is 0 Å². The summed E-state index contributed by atoms with van der Waals surface area (Å²) in [7, 11) is 0. The van der Waals surface area contributed by atoms with Gasteiger partial charge in [0, 0.05) is 0 Å². The Morgan fingerprint density at radius 2 is 0.895 bits per heavy atom. The maximum absolute atomic E-state index is 2.72. The lowest BCUT2D eigenvalue weighted by Gasteiger charge is -2.39. The van der Waals surface area contributed by atoms with Crippen LogP contribution in [0, 0.1) is 41.4 Å². The van der Waals surface area contributed by atoms with Crippen molar-refractivity contribution >= 4 is 0 Å². The van der Waals surface area contributed by atoms with E-state index in [-0.39, 0.29) is 0 Å². The van der Waals surface area contributed by atoms with Crippen LogP contribution in [0.4, 0.5) is 0 Å². The topological polar surface area (TPSA) is 0 Å². The first-order valence-electron chi connectivity index (χ1n) is 18.3. The van der Waals surface area contributed by atoms with Gasteiger partial charge in [-0.15, -0.1) is 0 Å². The first-order chi connectivity index (χ1) is 18.3. The molecule has 0 saturated heterocycles. The third-order valence-electron chi connectivity index (χ3n) is 10.1. The zero-order chi connectivity index (χ0) is 28.6. The highest BCUT2D eigenvalue weighted by Crippen LogP contribution is 2.42. The molecule has 0 aliphatic rings. The molecule has 0 spiro atoms. The van der Waals surface area contributed by atoms with Crippen molar-refractivity contribution in [3.63, 3.8) is 0 Å². The van der Waals surface area contributed by atoms with Gasteiger partial charge in [-0.05, 0) is 54.3 Å². The summed E-state index contributed by atoms with van der Waals surface area (Å²) in [6.07, 6.45) is 31.7. The fourth-order valence-electron chi connectivity index (χ4n) is 7.53. The summed E-state index contributed by atoms with van der Waals surface area (Å²) in [4.78, 5) is 0. The Balaban J connectivity index is 5.77. The van der Waals surface area contributed by atoms with Crippen LogP contribution in [0.1, 0.15) is 204 Å². The first-order valence-corrected chi connectivity index (χ1v) is 18.3. The number of unbranched alkanes of at least 4 members (excludes halogenated alkanes) is 7. The summed E-state index contributed by atoms with van der Waals surface area (Å²) >= 11 is 0. The molecule has 0 fully saturated rings. The van der Waals surface area contributed by atoms with Crippen molar-refractivity contribution in [2.24, 2.45) is 41.4 Å². The molecule has 0 heteroatoms. The lowest BCUT2D eigenvalue weighted by atomic mass is 9.67. The van der Waals surface area contributed by atoms with E-state index in [0.717, 1.165) is 41.4 Å². The molecule has 0 radical (unpaired) electrons. The molecule has 0 amide bonds. The van der Waals surface area contributed by atoms with Crippen LogP contribution in [0.5, 0.6) is 0 Å². The molecule has 0 aliphatic heterocycles. The molecule has 6 atom stereocenters. The molecule has 38 heavy (non-hydrogen) atoms. The maximum Gasteiger partial charge on any atom is -0.0357 e. The van der Waals surface area contributed by atoms with E-state index in [0.29, 0.717) is 0 Å². The molecule has 0 heterocycles. The molecular formula is C38H78. The van der Waals surface area contributed by atoms with Crippen LogP contribution in [-0.2, 0) is 0 Å². The normalized spacial score (nSPS) is 16.9. The second kappa shape index (κ2) is 25.9. The molecule has 0 rings (SSSR count). The molecule has 6 unspecified atom stereocenters. The fourth-order valence-corrected chi connectivity index (χ4v) is 7.53. The van der Waals surface area contributed by atoms with E-state index in [4.69, 9.17) is 0 Å². The van der Waals surface area contributed by atoms with Gasteiger partial charge in [-0.25, -0.2) is 0 Å². The van der Waals surface area contributed by atoms with Gasteiger partial charge in [0.25, 0.3) is 0 Å². The highest BCUT2D eigenvalue weighted by Gasteiger charge is 2.32. The number of hydrogen-bond acceptors (Lipinski definition) is 0. The molecule has 230 valence electrons. The van der Waals surface area contributed by atoms with E-state index in [1.165, 1.54) is 141 Å². The summed E-state index contributed by atoms with van der Waals surface area (Å²) in [6.45, 7) is 22.2.